The highest BCUT2D eigenvalue weighted by atomic mass is 127. The van der Waals surface area contributed by atoms with E-state index in [9.17, 15) is 5.11 Å². The summed E-state index contributed by atoms with van der Waals surface area (Å²) < 4.78 is 10.8. The number of nitrogens with zero attached hydrogens (tertiary/aromatic N) is 1. The molecule has 1 heterocycles. The summed E-state index contributed by atoms with van der Waals surface area (Å²) in [4.78, 5) is 4.53. The number of nitrogens with one attached hydrogen (secondary N) is 2. The van der Waals surface area contributed by atoms with E-state index in [2.05, 4.69) is 15.6 Å². The molecular formula is C20H30IN3O3. The van der Waals surface area contributed by atoms with Crippen LogP contribution in [0, 0.1) is 0 Å². The second-order valence-electron chi connectivity index (χ2n) is 5.89. The van der Waals surface area contributed by atoms with Gasteiger partial charge in [0.25, 0.3) is 0 Å². The Labute approximate surface area is 178 Å². The van der Waals surface area contributed by atoms with Gasteiger partial charge in [0.2, 0.25) is 0 Å². The topological polar surface area (TPSA) is 79.0 Å². The fourth-order valence-electron chi connectivity index (χ4n) is 2.44. The van der Waals surface area contributed by atoms with E-state index in [4.69, 9.17) is 9.15 Å². The monoisotopic (exact) mass is 487 g/mol. The standard InChI is InChI=1S/C20H29N3O3.HI/c1-2-21-20(22-12-7-14-25-16-18-10-6-15-26-18)23-13-11-19(24)17-8-4-3-5-9-17;/h3-6,8-10,15,19,24H,2,7,11-14,16H2,1H3,(H2,21,22,23);1H. The summed E-state index contributed by atoms with van der Waals surface area (Å²) in [6.45, 7) is 5.28. The van der Waals surface area contributed by atoms with Crippen molar-refractivity contribution in [3.8, 4) is 0 Å². The molecule has 6 nitrogen and oxygen atoms in total. The average Bonchev–Trinajstić information content (AvgIpc) is 3.18. The van der Waals surface area contributed by atoms with Gasteiger partial charge in [-0.3, -0.25) is 4.99 Å². The minimum absolute atomic E-state index is 0. The second kappa shape index (κ2) is 14.5. The zero-order chi connectivity index (χ0) is 18.5. The van der Waals surface area contributed by atoms with Gasteiger partial charge >= 0.3 is 0 Å². The summed E-state index contributed by atoms with van der Waals surface area (Å²) in [5, 5.41) is 16.7. The van der Waals surface area contributed by atoms with Crippen molar-refractivity contribution in [1.29, 1.82) is 0 Å². The highest BCUT2D eigenvalue weighted by Crippen LogP contribution is 2.14. The third-order valence-electron chi connectivity index (χ3n) is 3.78. The first-order valence-electron chi connectivity index (χ1n) is 9.15. The minimum Gasteiger partial charge on any atom is -0.467 e. The number of benzene rings is 1. The number of rotatable bonds is 11. The van der Waals surface area contributed by atoms with E-state index in [0.29, 0.717) is 32.7 Å². The highest BCUT2D eigenvalue weighted by Gasteiger charge is 2.06. The molecule has 2 aromatic rings. The van der Waals surface area contributed by atoms with Gasteiger partial charge in [-0.15, -0.1) is 24.0 Å². The largest absolute Gasteiger partial charge is 0.467 e. The van der Waals surface area contributed by atoms with Gasteiger partial charge in [-0.25, -0.2) is 0 Å². The Bertz CT molecular complexity index is 621. The molecule has 0 spiro atoms. The maximum atomic E-state index is 10.2. The smallest absolute Gasteiger partial charge is 0.191 e. The molecule has 0 amide bonds. The molecule has 1 aromatic heterocycles. The molecule has 0 aliphatic heterocycles. The summed E-state index contributed by atoms with van der Waals surface area (Å²) in [7, 11) is 0. The van der Waals surface area contributed by atoms with Gasteiger partial charge in [0.15, 0.2) is 5.96 Å². The van der Waals surface area contributed by atoms with Gasteiger partial charge < -0.3 is 24.9 Å². The van der Waals surface area contributed by atoms with Crippen molar-refractivity contribution >= 4 is 29.9 Å². The number of halogens is 1. The van der Waals surface area contributed by atoms with Crippen LogP contribution in [0.1, 0.15) is 37.2 Å². The van der Waals surface area contributed by atoms with Gasteiger partial charge in [0.1, 0.15) is 12.4 Å². The Balaban J connectivity index is 0.00000364. The van der Waals surface area contributed by atoms with Crippen LogP contribution in [0.15, 0.2) is 58.1 Å². The van der Waals surface area contributed by atoms with Crippen LogP contribution in [0.3, 0.4) is 0 Å². The lowest BCUT2D eigenvalue weighted by Gasteiger charge is -2.14. The molecule has 0 saturated carbocycles. The first-order chi connectivity index (χ1) is 12.8. The van der Waals surface area contributed by atoms with E-state index in [1.54, 1.807) is 6.26 Å². The first-order valence-corrected chi connectivity index (χ1v) is 9.15. The van der Waals surface area contributed by atoms with Gasteiger partial charge in [-0.2, -0.15) is 0 Å². The Morgan fingerprint density at radius 3 is 2.70 bits per heavy atom. The van der Waals surface area contributed by atoms with Crippen LogP contribution < -0.4 is 10.6 Å². The first kappa shape index (κ1) is 23.5. The van der Waals surface area contributed by atoms with Crippen LogP contribution in [0.4, 0.5) is 0 Å². The summed E-state index contributed by atoms with van der Waals surface area (Å²) in [5.41, 5.74) is 0.935. The lowest BCUT2D eigenvalue weighted by atomic mass is 10.1. The molecule has 1 unspecified atom stereocenters. The molecule has 7 heteroatoms. The van der Waals surface area contributed by atoms with Crippen LogP contribution in [0.2, 0.25) is 0 Å². The minimum atomic E-state index is -0.471. The maximum Gasteiger partial charge on any atom is 0.191 e. The van der Waals surface area contributed by atoms with Crippen molar-refractivity contribution in [3.05, 3.63) is 60.1 Å². The molecule has 0 aliphatic carbocycles. The van der Waals surface area contributed by atoms with Gasteiger partial charge in [-0.1, -0.05) is 30.3 Å². The molecule has 0 fully saturated rings. The molecule has 27 heavy (non-hydrogen) atoms. The maximum absolute atomic E-state index is 10.2. The molecule has 0 radical (unpaired) electrons. The summed E-state index contributed by atoms with van der Waals surface area (Å²) in [6.07, 6.45) is 2.64. The van der Waals surface area contributed by atoms with Crippen LogP contribution in [-0.4, -0.2) is 37.3 Å². The molecule has 2 rings (SSSR count). The number of ether oxygens (including phenoxy) is 1. The van der Waals surface area contributed by atoms with E-state index in [0.717, 1.165) is 30.2 Å². The fourth-order valence-corrected chi connectivity index (χ4v) is 2.44. The van der Waals surface area contributed by atoms with Crippen molar-refractivity contribution in [2.45, 2.75) is 32.5 Å². The predicted octanol–water partition coefficient (Wildman–Crippen LogP) is 3.48. The molecular weight excluding hydrogens is 457 g/mol. The second-order valence-corrected chi connectivity index (χ2v) is 5.89. The quantitative estimate of drug-likeness (QED) is 0.196. The van der Waals surface area contributed by atoms with Crippen LogP contribution >= 0.6 is 24.0 Å². The van der Waals surface area contributed by atoms with E-state index in [1.807, 2.05) is 49.4 Å². The van der Waals surface area contributed by atoms with Crippen LogP contribution in [-0.2, 0) is 11.3 Å². The summed E-state index contributed by atoms with van der Waals surface area (Å²) in [6, 6.07) is 13.4. The number of aliphatic hydroxyl groups is 1. The Hall–Kier alpha value is -1.58. The molecule has 1 atom stereocenters. The lowest BCUT2D eigenvalue weighted by Crippen LogP contribution is -2.38. The average molecular weight is 487 g/mol. The molecule has 0 saturated heterocycles. The zero-order valence-electron chi connectivity index (χ0n) is 15.8. The lowest BCUT2D eigenvalue weighted by molar-refractivity contribution is 0.105. The summed E-state index contributed by atoms with van der Waals surface area (Å²) in [5.74, 6) is 1.60. The third-order valence-corrected chi connectivity index (χ3v) is 3.78. The molecule has 0 bridgehead atoms. The van der Waals surface area contributed by atoms with Gasteiger partial charge in [-0.05, 0) is 37.5 Å². The zero-order valence-corrected chi connectivity index (χ0v) is 18.1. The molecule has 150 valence electrons. The third kappa shape index (κ3) is 9.78. The van der Waals surface area contributed by atoms with Gasteiger partial charge in [0, 0.05) is 26.2 Å². The van der Waals surface area contributed by atoms with Crippen molar-refractivity contribution in [1.82, 2.24) is 10.6 Å². The fraction of sp³-hybridized carbons (Fsp3) is 0.450. The Kier molecular flexibility index (Phi) is 12.6. The molecule has 3 N–H and O–H groups in total. The van der Waals surface area contributed by atoms with Crippen LogP contribution in [0.5, 0.6) is 0 Å². The number of aliphatic imine (C=N–C) groups is 1. The normalized spacial score (nSPS) is 12.3. The summed E-state index contributed by atoms with van der Waals surface area (Å²) >= 11 is 0. The van der Waals surface area contributed by atoms with Crippen molar-refractivity contribution < 1.29 is 14.3 Å². The van der Waals surface area contributed by atoms with Crippen molar-refractivity contribution in [2.75, 3.05) is 26.2 Å². The van der Waals surface area contributed by atoms with E-state index < -0.39 is 6.10 Å². The van der Waals surface area contributed by atoms with Crippen LogP contribution in [0.25, 0.3) is 0 Å². The Morgan fingerprint density at radius 2 is 2.00 bits per heavy atom. The highest BCUT2D eigenvalue weighted by molar-refractivity contribution is 14.0. The number of furan rings is 1. The SMILES string of the molecule is CCNC(=NCCCOCc1ccco1)NCCC(O)c1ccccc1.I. The number of hydrogen-bond acceptors (Lipinski definition) is 4. The van der Waals surface area contributed by atoms with Crippen molar-refractivity contribution in [2.24, 2.45) is 4.99 Å². The van der Waals surface area contributed by atoms with E-state index >= 15 is 0 Å². The number of aliphatic hydroxyl groups excluding tert-OH is 1. The van der Waals surface area contributed by atoms with Crippen molar-refractivity contribution in [3.63, 3.8) is 0 Å². The number of hydrogen-bond donors (Lipinski definition) is 3. The predicted molar refractivity (Wildman–Crippen MR) is 118 cm³/mol. The Morgan fingerprint density at radius 1 is 1.19 bits per heavy atom. The van der Waals surface area contributed by atoms with Gasteiger partial charge in [0.05, 0.1) is 12.4 Å². The molecule has 1 aromatic carbocycles. The number of guanidine groups is 1. The molecule has 0 aliphatic rings. The van der Waals surface area contributed by atoms with E-state index in [1.165, 1.54) is 0 Å². The van der Waals surface area contributed by atoms with E-state index in [-0.39, 0.29) is 24.0 Å².